The van der Waals surface area contributed by atoms with E-state index in [0.29, 0.717) is 21.9 Å². The lowest BCUT2D eigenvalue weighted by atomic mass is 9.84. The molecule has 0 unspecified atom stereocenters. The molecule has 0 aliphatic rings. The van der Waals surface area contributed by atoms with Crippen molar-refractivity contribution >= 4 is 54.3 Å². The van der Waals surface area contributed by atoms with Crippen LogP contribution in [0.1, 0.15) is 26.0 Å². The molecule has 0 saturated heterocycles. The average Bonchev–Trinajstić information content (AvgIpc) is 3.71. The minimum Gasteiger partial charge on any atom is -0.456 e. The second kappa shape index (κ2) is 11.1. The van der Waals surface area contributed by atoms with Crippen molar-refractivity contribution in [2.75, 3.05) is 0 Å². The summed E-state index contributed by atoms with van der Waals surface area (Å²) >= 11 is 0. The van der Waals surface area contributed by atoms with Gasteiger partial charge in [0.1, 0.15) is 11.2 Å². The Balaban J connectivity index is 1.44. The van der Waals surface area contributed by atoms with Crippen molar-refractivity contribution in [3.8, 4) is 44.5 Å². The van der Waals surface area contributed by atoms with Crippen LogP contribution in [0.3, 0.4) is 0 Å². The Hall–Kier alpha value is -6.44. The Morgan fingerprint density at radius 3 is 1.45 bits per heavy atom. The maximum Gasteiger partial charge on any atom is 0.135 e. The van der Waals surface area contributed by atoms with Gasteiger partial charge < -0.3 is 4.42 Å². The largest absolute Gasteiger partial charge is 0.456 e. The van der Waals surface area contributed by atoms with Crippen molar-refractivity contribution in [3.05, 3.63) is 182 Å². The lowest BCUT2D eigenvalue weighted by molar-refractivity contribution is 0.669. The van der Waals surface area contributed by atoms with Crippen LogP contribution in [0.15, 0.2) is 186 Å². The first-order valence-electron chi connectivity index (χ1n) is 24.8. The van der Waals surface area contributed by atoms with Crippen molar-refractivity contribution in [2.24, 2.45) is 0 Å². The van der Waals surface area contributed by atoms with Crippen molar-refractivity contribution in [1.82, 2.24) is 0 Å². The summed E-state index contributed by atoms with van der Waals surface area (Å²) in [5, 5.41) is -1.72. The minimum absolute atomic E-state index is 0.121. The summed E-state index contributed by atoms with van der Waals surface area (Å²) in [5.41, 5.74) is 0.617. The zero-order valence-electron chi connectivity index (χ0n) is 44.3. The summed E-state index contributed by atoms with van der Waals surface area (Å²) in [4.78, 5) is 0. The van der Waals surface area contributed by atoms with Gasteiger partial charge in [0.25, 0.3) is 0 Å². The van der Waals surface area contributed by atoms with Gasteiger partial charge in [0, 0.05) is 10.8 Å². The van der Waals surface area contributed by atoms with Gasteiger partial charge in [-0.2, -0.15) is 0 Å². The molecule has 0 fully saturated rings. The fraction of sp³-hybridized carbons (Fsp3) is 0. The van der Waals surface area contributed by atoms with Crippen LogP contribution in [-0.2, 0) is 0 Å². The number of rotatable bonds is 4. The van der Waals surface area contributed by atoms with E-state index in [0.717, 1.165) is 11.1 Å². The number of fused-ring (bicyclic) bond motifs is 6. The van der Waals surface area contributed by atoms with Gasteiger partial charge in [-0.25, -0.2) is 0 Å². The molecule has 1 heteroatoms. The molecular formula is C48H30O. The first-order chi connectivity index (χ1) is 32.2. The first kappa shape index (κ1) is 14.8. The van der Waals surface area contributed by atoms with Crippen LogP contribution in [0.2, 0.25) is 0 Å². The van der Waals surface area contributed by atoms with Crippen molar-refractivity contribution in [2.45, 2.75) is 0 Å². The molecular weight excluding hydrogens is 593 g/mol. The van der Waals surface area contributed by atoms with Crippen molar-refractivity contribution in [3.63, 3.8) is 0 Å². The van der Waals surface area contributed by atoms with E-state index >= 15 is 0 Å². The molecule has 0 atom stereocenters. The summed E-state index contributed by atoms with van der Waals surface area (Å²) < 4.78 is 179. The van der Waals surface area contributed by atoms with Crippen LogP contribution >= 0.6 is 0 Å². The van der Waals surface area contributed by atoms with E-state index in [9.17, 15) is 11.0 Å². The fourth-order valence-corrected chi connectivity index (χ4v) is 6.58. The molecule has 0 aliphatic heterocycles. The second-order valence-electron chi connectivity index (χ2n) is 11.4. The molecule has 0 spiro atoms. The zero-order valence-corrected chi connectivity index (χ0v) is 25.3. The van der Waals surface area contributed by atoms with Gasteiger partial charge >= 0.3 is 0 Å². The summed E-state index contributed by atoms with van der Waals surface area (Å²) in [5.74, 6) is 0. The van der Waals surface area contributed by atoms with E-state index in [4.69, 9.17) is 19.5 Å². The second-order valence-corrected chi connectivity index (χ2v) is 11.4. The smallest absolute Gasteiger partial charge is 0.135 e. The van der Waals surface area contributed by atoms with Crippen molar-refractivity contribution in [1.29, 1.82) is 0 Å². The number of benzene rings is 9. The normalized spacial score (nSPS) is 17.1. The predicted octanol–water partition coefficient (Wildman–Crippen LogP) is 13.7. The van der Waals surface area contributed by atoms with E-state index in [1.807, 2.05) is 48.5 Å². The number of hydrogen-bond acceptors (Lipinski definition) is 1. The zero-order chi connectivity index (χ0) is 48.8. The molecule has 0 radical (unpaired) electrons. The third-order valence-corrected chi connectivity index (χ3v) is 8.74. The molecule has 1 nitrogen and oxygen atoms in total. The predicted molar refractivity (Wildman–Crippen MR) is 208 cm³/mol. The van der Waals surface area contributed by atoms with Crippen LogP contribution in [0, 0.1) is 0 Å². The van der Waals surface area contributed by atoms with Crippen molar-refractivity contribution < 1.29 is 30.5 Å². The fourth-order valence-electron chi connectivity index (χ4n) is 6.58. The van der Waals surface area contributed by atoms with E-state index in [1.54, 1.807) is 18.2 Å². The van der Waals surface area contributed by atoms with Gasteiger partial charge in [-0.05, 0) is 101 Å². The van der Waals surface area contributed by atoms with Gasteiger partial charge in [-0.3, -0.25) is 0 Å². The molecule has 0 aliphatic carbocycles. The molecule has 10 rings (SSSR count). The van der Waals surface area contributed by atoms with Gasteiger partial charge in [-0.1, -0.05) is 157 Å². The Morgan fingerprint density at radius 1 is 0.327 bits per heavy atom. The van der Waals surface area contributed by atoms with Gasteiger partial charge in [0.2, 0.25) is 0 Å². The molecule has 0 bridgehead atoms. The van der Waals surface area contributed by atoms with Crippen LogP contribution in [0.25, 0.3) is 98.8 Å². The average molecular weight is 642 g/mol. The topological polar surface area (TPSA) is 13.1 Å². The molecule has 1 heterocycles. The number of furan rings is 1. The molecule has 0 N–H and O–H groups in total. The number of hydrogen-bond donors (Lipinski definition) is 0. The molecule has 9 aromatic carbocycles. The molecule has 10 aromatic rings. The standard InChI is InChI=1S/C48H30O/c1-3-13-31(14-4-1)33-23-27-45-43(29-33)44-30-34(24-28-46(44)49-45)35-25-26-42(37-18-8-7-17-36(35)37)48-40-21-11-9-19-38(40)47(32-15-5-2-6-16-32)39-20-10-12-22-41(39)48/h1-30H/i2D,5D,6D,7D,8D,9D,10D,11D,12D,15D,16D,17D,18D,19D,20D,21D,22D,25D,26D. The molecule has 49 heavy (non-hydrogen) atoms. The summed E-state index contributed by atoms with van der Waals surface area (Å²) in [6, 6.07) is 4.76. The third-order valence-electron chi connectivity index (χ3n) is 8.74. The highest BCUT2D eigenvalue weighted by atomic mass is 16.3. The SMILES string of the molecule is [2H]c1c([2H])c([2H])c(-c2c3c([2H])c([2H])c([2H])c([2H])c3c(-c3c([2H])c([2H])c(-c4ccc5oc6ccc(-c7ccccc7)cc6c5c4)c4c([2H])c([2H])c([2H])c([2H])c34)c3c([2H])c([2H])c([2H])c([2H])c23)c([2H])c1[2H]. The maximum absolute atomic E-state index is 9.87. The van der Waals surface area contributed by atoms with E-state index in [1.165, 1.54) is 0 Å². The van der Waals surface area contributed by atoms with E-state index in [2.05, 4.69) is 0 Å². The van der Waals surface area contributed by atoms with Gasteiger partial charge in [0.05, 0.1) is 26.0 Å². The van der Waals surface area contributed by atoms with Crippen LogP contribution in [-0.4, -0.2) is 0 Å². The van der Waals surface area contributed by atoms with E-state index in [-0.39, 0.29) is 16.5 Å². The van der Waals surface area contributed by atoms with Gasteiger partial charge in [-0.15, -0.1) is 0 Å². The molecule has 1 aromatic heterocycles. The lowest BCUT2D eigenvalue weighted by Crippen LogP contribution is -1.92. The monoisotopic (exact) mass is 641 g/mol. The Labute approximate surface area is 311 Å². The molecule has 228 valence electrons. The highest BCUT2D eigenvalue weighted by Crippen LogP contribution is 2.46. The molecule has 0 amide bonds. The summed E-state index contributed by atoms with van der Waals surface area (Å²) in [7, 11) is 0. The first-order valence-corrected chi connectivity index (χ1v) is 15.3. The lowest BCUT2D eigenvalue weighted by Gasteiger charge is -2.19. The van der Waals surface area contributed by atoms with Crippen LogP contribution in [0.5, 0.6) is 0 Å². The van der Waals surface area contributed by atoms with Crippen LogP contribution in [0.4, 0.5) is 0 Å². The van der Waals surface area contributed by atoms with E-state index < -0.39 is 164 Å². The summed E-state index contributed by atoms with van der Waals surface area (Å²) in [6.45, 7) is 0. The Kier molecular flexibility index (Phi) is 3.34. The van der Waals surface area contributed by atoms with Crippen LogP contribution < -0.4 is 0 Å². The minimum atomic E-state index is -0.868. The Bertz CT molecular complexity index is 3850. The highest BCUT2D eigenvalue weighted by Gasteiger charge is 2.19. The third kappa shape index (κ3) is 4.40. The maximum atomic E-state index is 9.87. The molecule has 0 saturated carbocycles. The van der Waals surface area contributed by atoms with Gasteiger partial charge in [0.15, 0.2) is 0 Å². The quantitative estimate of drug-likeness (QED) is 0.174. The Morgan fingerprint density at radius 2 is 0.816 bits per heavy atom. The summed E-state index contributed by atoms with van der Waals surface area (Å²) in [6.07, 6.45) is 0. The highest BCUT2D eigenvalue weighted by molar-refractivity contribution is 6.24.